The average molecular weight is 470 g/mol. The molecule has 0 bridgehead atoms. The maximum atomic E-state index is 13.8. The molecule has 0 N–H and O–H groups in total. The molecule has 0 saturated carbocycles. The van der Waals surface area contributed by atoms with Crippen LogP contribution in [0.25, 0.3) is 11.0 Å². The molecule has 1 aliphatic rings. The number of carbonyl (C=O) groups is 1. The molecule has 1 unspecified atom stereocenters. The number of aryl methyl sites for hydroxylation is 3. The molecule has 35 heavy (non-hydrogen) atoms. The number of benzene rings is 3. The van der Waals surface area contributed by atoms with Crippen LogP contribution in [0.5, 0.6) is 11.5 Å². The minimum atomic E-state index is -0.676. The van der Waals surface area contributed by atoms with Gasteiger partial charge in [-0.25, -0.2) is 0 Å². The van der Waals surface area contributed by atoms with E-state index in [4.69, 9.17) is 13.9 Å². The van der Waals surface area contributed by atoms with Crippen LogP contribution in [-0.2, 0) is 0 Å². The second-order valence-electron chi connectivity index (χ2n) is 8.86. The molecule has 3 aromatic carbocycles. The normalized spacial score (nSPS) is 14.9. The number of carbonyl (C=O) groups excluding carboxylic acids is 1. The summed E-state index contributed by atoms with van der Waals surface area (Å²) in [6.45, 7) is 8.34. The Labute approximate surface area is 203 Å². The molecular weight excluding hydrogens is 442 g/mol. The molecule has 0 fully saturated rings. The first-order chi connectivity index (χ1) is 16.8. The standard InChI is InChI=1S/C29H27NO5/c1-6-34-23-12-9-19(15-24(23)33-5)26-25-27(31)21-13-16(2)7-11-22(21)35-28(25)29(32)30(26)20-10-8-17(3)18(4)14-20/h7-15,26H,6H2,1-5H3. The molecule has 0 spiro atoms. The first kappa shape index (κ1) is 22.7. The van der Waals surface area contributed by atoms with Crippen LogP contribution in [0.2, 0.25) is 0 Å². The zero-order chi connectivity index (χ0) is 24.9. The molecule has 6 nitrogen and oxygen atoms in total. The van der Waals surface area contributed by atoms with Crippen molar-refractivity contribution in [2.75, 3.05) is 18.6 Å². The molecule has 5 rings (SSSR count). The van der Waals surface area contributed by atoms with Gasteiger partial charge in [0.05, 0.1) is 30.7 Å². The van der Waals surface area contributed by atoms with E-state index in [9.17, 15) is 9.59 Å². The number of hydrogen-bond donors (Lipinski definition) is 0. The number of amides is 1. The highest BCUT2D eigenvalue weighted by molar-refractivity contribution is 6.10. The number of rotatable bonds is 5. The van der Waals surface area contributed by atoms with Crippen LogP contribution < -0.4 is 19.8 Å². The zero-order valence-corrected chi connectivity index (χ0v) is 20.5. The smallest absolute Gasteiger partial charge is 0.295 e. The summed E-state index contributed by atoms with van der Waals surface area (Å²) in [4.78, 5) is 29.3. The minimum Gasteiger partial charge on any atom is -0.493 e. The molecular formula is C29H27NO5. The fourth-order valence-corrected chi connectivity index (χ4v) is 4.67. The monoisotopic (exact) mass is 469 g/mol. The van der Waals surface area contributed by atoms with Gasteiger partial charge in [0, 0.05) is 5.69 Å². The van der Waals surface area contributed by atoms with Gasteiger partial charge in [-0.05, 0) is 80.8 Å². The lowest BCUT2D eigenvalue weighted by atomic mass is 9.97. The number of hydrogen-bond acceptors (Lipinski definition) is 5. The van der Waals surface area contributed by atoms with Gasteiger partial charge in [-0.15, -0.1) is 0 Å². The second-order valence-corrected chi connectivity index (χ2v) is 8.86. The summed E-state index contributed by atoms with van der Waals surface area (Å²) in [6.07, 6.45) is 0. The van der Waals surface area contributed by atoms with Gasteiger partial charge in [-0.3, -0.25) is 14.5 Å². The Hall–Kier alpha value is -4.06. The van der Waals surface area contributed by atoms with Crippen molar-refractivity contribution in [3.05, 3.63) is 98.4 Å². The fraction of sp³-hybridized carbons (Fsp3) is 0.241. The summed E-state index contributed by atoms with van der Waals surface area (Å²) in [7, 11) is 1.57. The zero-order valence-electron chi connectivity index (χ0n) is 20.5. The van der Waals surface area contributed by atoms with Gasteiger partial charge in [-0.2, -0.15) is 0 Å². The fourth-order valence-electron chi connectivity index (χ4n) is 4.67. The number of ether oxygens (including phenoxy) is 2. The molecule has 0 aliphatic carbocycles. The van der Waals surface area contributed by atoms with Crippen molar-refractivity contribution in [3.63, 3.8) is 0 Å². The lowest BCUT2D eigenvalue weighted by molar-refractivity contribution is 0.0971. The predicted molar refractivity (Wildman–Crippen MR) is 136 cm³/mol. The third-order valence-corrected chi connectivity index (χ3v) is 6.60. The molecule has 6 heteroatoms. The molecule has 0 saturated heterocycles. The van der Waals surface area contributed by atoms with E-state index < -0.39 is 6.04 Å². The van der Waals surface area contributed by atoms with Crippen LogP contribution in [-0.4, -0.2) is 19.6 Å². The van der Waals surface area contributed by atoms with E-state index in [2.05, 4.69) is 0 Å². The van der Waals surface area contributed by atoms with Crippen molar-refractivity contribution in [2.24, 2.45) is 0 Å². The van der Waals surface area contributed by atoms with E-state index >= 15 is 0 Å². The summed E-state index contributed by atoms with van der Waals surface area (Å²) in [6, 6.07) is 16.1. The number of fused-ring (bicyclic) bond motifs is 2. The molecule has 4 aromatic rings. The van der Waals surface area contributed by atoms with Crippen molar-refractivity contribution in [1.29, 1.82) is 0 Å². The lowest BCUT2D eigenvalue weighted by Gasteiger charge is -2.26. The number of methoxy groups -OCH3 is 1. The second kappa shape index (κ2) is 8.62. The largest absolute Gasteiger partial charge is 0.493 e. The lowest BCUT2D eigenvalue weighted by Crippen LogP contribution is -2.29. The van der Waals surface area contributed by atoms with Crippen LogP contribution in [0, 0.1) is 20.8 Å². The van der Waals surface area contributed by atoms with Crippen LogP contribution in [0.15, 0.2) is 63.8 Å². The van der Waals surface area contributed by atoms with E-state index in [0.717, 1.165) is 22.3 Å². The van der Waals surface area contributed by atoms with Gasteiger partial charge in [-0.1, -0.05) is 23.8 Å². The molecule has 1 aromatic heterocycles. The molecule has 1 amide bonds. The van der Waals surface area contributed by atoms with E-state index in [0.29, 0.717) is 40.3 Å². The number of nitrogens with zero attached hydrogens (tertiary/aromatic N) is 1. The molecule has 1 aliphatic heterocycles. The van der Waals surface area contributed by atoms with Crippen molar-refractivity contribution in [1.82, 2.24) is 0 Å². The first-order valence-corrected chi connectivity index (χ1v) is 11.6. The number of anilines is 1. The van der Waals surface area contributed by atoms with E-state index in [1.165, 1.54) is 0 Å². The maximum absolute atomic E-state index is 13.8. The summed E-state index contributed by atoms with van der Waals surface area (Å²) in [5.41, 5.74) is 5.07. The predicted octanol–water partition coefficient (Wildman–Crippen LogP) is 5.88. The Kier molecular flexibility index (Phi) is 5.59. The van der Waals surface area contributed by atoms with Gasteiger partial charge >= 0.3 is 0 Å². The third-order valence-electron chi connectivity index (χ3n) is 6.60. The van der Waals surface area contributed by atoms with Crippen molar-refractivity contribution in [3.8, 4) is 11.5 Å². The molecule has 0 radical (unpaired) electrons. The van der Waals surface area contributed by atoms with Gasteiger partial charge < -0.3 is 13.9 Å². The Morgan fingerprint density at radius 2 is 1.71 bits per heavy atom. The highest BCUT2D eigenvalue weighted by Crippen LogP contribution is 2.43. The average Bonchev–Trinajstić information content (AvgIpc) is 3.14. The summed E-state index contributed by atoms with van der Waals surface area (Å²) >= 11 is 0. The first-order valence-electron chi connectivity index (χ1n) is 11.6. The Morgan fingerprint density at radius 1 is 0.914 bits per heavy atom. The van der Waals surface area contributed by atoms with Crippen LogP contribution in [0.1, 0.15) is 51.3 Å². The third kappa shape index (κ3) is 3.66. The summed E-state index contributed by atoms with van der Waals surface area (Å²) in [5, 5.41) is 0.460. The van der Waals surface area contributed by atoms with Crippen molar-refractivity contribution >= 4 is 22.6 Å². The van der Waals surface area contributed by atoms with E-state index in [1.54, 1.807) is 24.1 Å². The maximum Gasteiger partial charge on any atom is 0.295 e. The van der Waals surface area contributed by atoms with Gasteiger partial charge in [0.25, 0.3) is 5.91 Å². The SMILES string of the molecule is CCOc1ccc(C2c3c(oc4ccc(C)cc4c3=O)C(=O)N2c2ccc(C)c(C)c2)cc1OC. The van der Waals surface area contributed by atoms with Crippen LogP contribution in [0.4, 0.5) is 5.69 Å². The minimum absolute atomic E-state index is 0.0717. The Balaban J connectivity index is 1.79. The van der Waals surface area contributed by atoms with Gasteiger partial charge in [0.1, 0.15) is 5.58 Å². The Bertz CT molecular complexity index is 1530. The summed E-state index contributed by atoms with van der Waals surface area (Å²) in [5.74, 6) is 0.858. The topological polar surface area (TPSA) is 69.0 Å². The molecule has 178 valence electrons. The van der Waals surface area contributed by atoms with Crippen LogP contribution in [0.3, 0.4) is 0 Å². The van der Waals surface area contributed by atoms with Crippen molar-refractivity contribution < 1.29 is 18.7 Å². The van der Waals surface area contributed by atoms with Gasteiger partial charge in [0.15, 0.2) is 16.9 Å². The van der Waals surface area contributed by atoms with Gasteiger partial charge in [0.2, 0.25) is 5.76 Å². The summed E-state index contributed by atoms with van der Waals surface area (Å²) < 4.78 is 17.3. The van der Waals surface area contributed by atoms with E-state index in [1.807, 2.05) is 70.2 Å². The highest BCUT2D eigenvalue weighted by Gasteiger charge is 2.44. The van der Waals surface area contributed by atoms with E-state index in [-0.39, 0.29) is 17.1 Å². The Morgan fingerprint density at radius 3 is 2.43 bits per heavy atom. The quantitative estimate of drug-likeness (QED) is 0.365. The molecule has 1 atom stereocenters. The molecule has 2 heterocycles. The highest BCUT2D eigenvalue weighted by atomic mass is 16.5. The van der Waals surface area contributed by atoms with Crippen LogP contribution >= 0.6 is 0 Å². The van der Waals surface area contributed by atoms with Crippen molar-refractivity contribution in [2.45, 2.75) is 33.7 Å².